The van der Waals surface area contributed by atoms with Crippen LogP contribution in [0, 0.1) is 5.92 Å². The maximum Gasteiger partial charge on any atom is 0.169 e. The van der Waals surface area contributed by atoms with Crippen molar-refractivity contribution in [2.24, 2.45) is 5.92 Å². The Kier molecular flexibility index (Phi) is 6.89. The second-order valence-electron chi connectivity index (χ2n) is 7.97. The molecule has 0 bridgehead atoms. The molecule has 0 aromatic carbocycles. The summed E-state index contributed by atoms with van der Waals surface area (Å²) in [5.74, 6) is 2.28. The van der Waals surface area contributed by atoms with Crippen molar-refractivity contribution in [2.45, 2.75) is 58.2 Å². The molecule has 3 heterocycles. The molecule has 1 atom stereocenters. The number of furan rings is 1. The quantitative estimate of drug-likeness (QED) is 0.750. The van der Waals surface area contributed by atoms with Gasteiger partial charge in [0, 0.05) is 32.2 Å². The smallest absolute Gasteiger partial charge is 0.169 e. The fourth-order valence-electron chi connectivity index (χ4n) is 4.62. The van der Waals surface area contributed by atoms with Gasteiger partial charge in [-0.1, -0.05) is 26.7 Å². The molecule has 7 nitrogen and oxygen atoms in total. The zero-order valence-corrected chi connectivity index (χ0v) is 17.1. The van der Waals surface area contributed by atoms with Gasteiger partial charge in [0.2, 0.25) is 0 Å². The van der Waals surface area contributed by atoms with Crippen LogP contribution in [0.1, 0.15) is 57.2 Å². The van der Waals surface area contributed by atoms with E-state index in [-0.39, 0.29) is 18.4 Å². The summed E-state index contributed by atoms with van der Waals surface area (Å²) in [6, 6.07) is 4.93. The van der Waals surface area contributed by atoms with E-state index >= 15 is 0 Å². The van der Waals surface area contributed by atoms with Crippen LogP contribution in [-0.4, -0.2) is 62.2 Å². The summed E-state index contributed by atoms with van der Waals surface area (Å²) in [5.41, 5.74) is 0. The topological polar surface area (TPSA) is 63.2 Å². The van der Waals surface area contributed by atoms with Gasteiger partial charge in [-0.3, -0.25) is 9.80 Å². The molecule has 0 N–H and O–H groups in total. The minimum atomic E-state index is 0. The summed E-state index contributed by atoms with van der Waals surface area (Å²) in [4.78, 5) is 5.27. The standard InChI is InChI=1S/C19H30N6O.ClH/c1-15(2)18(19-20-21-22-25(19)14-17-8-5-13-26-17)24-11-9-23(10-12-24)16-6-3-4-7-16;/h5,8,13,15-16,18H,3-4,6-7,9-12,14H2,1-2H3;1H. The van der Waals surface area contributed by atoms with E-state index in [0.717, 1.165) is 43.8 Å². The van der Waals surface area contributed by atoms with E-state index < -0.39 is 0 Å². The van der Waals surface area contributed by atoms with Gasteiger partial charge in [-0.25, -0.2) is 4.68 Å². The second kappa shape index (κ2) is 9.17. The molecule has 1 aliphatic carbocycles. The van der Waals surface area contributed by atoms with Gasteiger partial charge in [0.15, 0.2) is 5.82 Å². The third-order valence-corrected chi connectivity index (χ3v) is 5.92. The lowest BCUT2D eigenvalue weighted by Crippen LogP contribution is -2.51. The van der Waals surface area contributed by atoms with Crippen molar-refractivity contribution in [2.75, 3.05) is 26.2 Å². The minimum absolute atomic E-state index is 0. The minimum Gasteiger partial charge on any atom is -0.467 e. The van der Waals surface area contributed by atoms with E-state index in [9.17, 15) is 0 Å². The largest absolute Gasteiger partial charge is 0.467 e. The van der Waals surface area contributed by atoms with Gasteiger partial charge in [0.05, 0.1) is 12.3 Å². The summed E-state index contributed by atoms with van der Waals surface area (Å²) in [7, 11) is 0. The fourth-order valence-corrected chi connectivity index (χ4v) is 4.62. The Morgan fingerprint density at radius 3 is 2.52 bits per heavy atom. The maximum atomic E-state index is 5.48. The molecule has 2 aromatic rings. The molecule has 1 saturated heterocycles. The van der Waals surface area contributed by atoms with E-state index in [2.05, 4.69) is 39.2 Å². The highest BCUT2D eigenvalue weighted by Gasteiger charge is 2.33. The molecule has 0 amide bonds. The Morgan fingerprint density at radius 2 is 1.89 bits per heavy atom. The lowest BCUT2D eigenvalue weighted by atomic mass is 10.00. The van der Waals surface area contributed by atoms with Crippen molar-refractivity contribution < 1.29 is 4.42 Å². The molecule has 1 saturated carbocycles. The van der Waals surface area contributed by atoms with Gasteiger partial charge in [0.1, 0.15) is 12.3 Å². The average Bonchev–Trinajstić information content (AvgIpc) is 3.39. The summed E-state index contributed by atoms with van der Waals surface area (Å²) in [6.45, 7) is 9.61. The third kappa shape index (κ3) is 4.52. The number of nitrogens with zero attached hydrogens (tertiary/aromatic N) is 6. The number of tetrazole rings is 1. The highest BCUT2D eigenvalue weighted by molar-refractivity contribution is 5.85. The van der Waals surface area contributed by atoms with Crippen LogP contribution in [0.25, 0.3) is 0 Å². The molecular weight excluding hydrogens is 364 g/mol. The van der Waals surface area contributed by atoms with Gasteiger partial charge in [-0.2, -0.15) is 0 Å². The summed E-state index contributed by atoms with van der Waals surface area (Å²) in [5, 5.41) is 12.6. The average molecular weight is 395 g/mol. The first-order chi connectivity index (χ1) is 12.7. The Morgan fingerprint density at radius 1 is 1.15 bits per heavy atom. The summed E-state index contributed by atoms with van der Waals surface area (Å²) >= 11 is 0. The number of rotatable bonds is 6. The van der Waals surface area contributed by atoms with Crippen molar-refractivity contribution >= 4 is 12.4 Å². The van der Waals surface area contributed by atoms with Crippen LogP contribution in [0.3, 0.4) is 0 Å². The van der Waals surface area contributed by atoms with Crippen molar-refractivity contribution in [3.8, 4) is 0 Å². The molecular formula is C19H31ClN6O. The van der Waals surface area contributed by atoms with Crippen LogP contribution in [0.5, 0.6) is 0 Å². The van der Waals surface area contributed by atoms with Gasteiger partial charge in [-0.05, 0) is 41.3 Å². The predicted molar refractivity (Wildman–Crippen MR) is 106 cm³/mol. The van der Waals surface area contributed by atoms with E-state index in [1.165, 1.54) is 25.7 Å². The maximum absolute atomic E-state index is 5.48. The monoisotopic (exact) mass is 394 g/mol. The van der Waals surface area contributed by atoms with E-state index in [0.29, 0.717) is 12.5 Å². The first kappa shape index (κ1) is 20.3. The molecule has 4 rings (SSSR count). The number of hydrogen-bond acceptors (Lipinski definition) is 6. The SMILES string of the molecule is CC(C)C(c1nnnn1Cc1ccco1)N1CCN(C2CCCC2)CC1.Cl. The molecule has 8 heteroatoms. The molecule has 2 aliphatic rings. The number of aromatic nitrogens is 4. The first-order valence-corrected chi connectivity index (χ1v) is 9.99. The van der Waals surface area contributed by atoms with E-state index in [1.807, 2.05) is 16.8 Å². The fraction of sp³-hybridized carbons (Fsp3) is 0.737. The summed E-state index contributed by atoms with van der Waals surface area (Å²) < 4.78 is 7.38. The molecule has 1 aliphatic heterocycles. The van der Waals surface area contributed by atoms with Crippen LogP contribution in [0.2, 0.25) is 0 Å². The number of halogens is 1. The predicted octanol–water partition coefficient (Wildman–Crippen LogP) is 2.99. The van der Waals surface area contributed by atoms with E-state index in [1.54, 1.807) is 6.26 Å². The van der Waals surface area contributed by atoms with Crippen LogP contribution in [0.15, 0.2) is 22.8 Å². The van der Waals surface area contributed by atoms with Gasteiger partial charge >= 0.3 is 0 Å². The second-order valence-corrected chi connectivity index (χ2v) is 7.97. The normalized spacial score (nSPS) is 20.9. The molecule has 150 valence electrons. The van der Waals surface area contributed by atoms with Crippen molar-refractivity contribution in [3.05, 3.63) is 30.0 Å². The van der Waals surface area contributed by atoms with Gasteiger partial charge < -0.3 is 4.42 Å². The highest BCUT2D eigenvalue weighted by atomic mass is 35.5. The Labute approximate surface area is 167 Å². The van der Waals surface area contributed by atoms with Crippen LogP contribution >= 0.6 is 12.4 Å². The van der Waals surface area contributed by atoms with Crippen LogP contribution in [0.4, 0.5) is 0 Å². The Hall–Kier alpha value is -1.44. The lowest BCUT2D eigenvalue weighted by Gasteiger charge is -2.42. The molecule has 27 heavy (non-hydrogen) atoms. The van der Waals surface area contributed by atoms with Gasteiger partial charge in [0.25, 0.3) is 0 Å². The van der Waals surface area contributed by atoms with Crippen molar-refractivity contribution in [1.82, 2.24) is 30.0 Å². The Balaban J connectivity index is 0.00000210. The van der Waals surface area contributed by atoms with Crippen molar-refractivity contribution in [1.29, 1.82) is 0 Å². The third-order valence-electron chi connectivity index (χ3n) is 5.92. The lowest BCUT2D eigenvalue weighted by molar-refractivity contribution is 0.0500. The van der Waals surface area contributed by atoms with Crippen molar-refractivity contribution in [3.63, 3.8) is 0 Å². The van der Waals surface area contributed by atoms with Crippen LogP contribution in [-0.2, 0) is 6.54 Å². The van der Waals surface area contributed by atoms with Gasteiger partial charge in [-0.15, -0.1) is 17.5 Å². The van der Waals surface area contributed by atoms with Crippen LogP contribution < -0.4 is 0 Å². The zero-order chi connectivity index (χ0) is 17.9. The number of piperazine rings is 1. The number of hydrogen-bond donors (Lipinski definition) is 0. The molecule has 0 spiro atoms. The summed E-state index contributed by atoms with van der Waals surface area (Å²) in [6.07, 6.45) is 7.27. The molecule has 2 fully saturated rings. The zero-order valence-electron chi connectivity index (χ0n) is 16.3. The highest BCUT2D eigenvalue weighted by Crippen LogP contribution is 2.30. The molecule has 2 aromatic heterocycles. The van der Waals surface area contributed by atoms with E-state index in [4.69, 9.17) is 4.42 Å². The molecule has 0 radical (unpaired) electrons. The molecule has 1 unspecified atom stereocenters. The first-order valence-electron chi connectivity index (χ1n) is 9.99. The Bertz CT molecular complexity index is 674.